The molecule has 0 unspecified atom stereocenters. The fraction of sp³-hybridized carbons (Fsp3) is 0.111. The van der Waals surface area contributed by atoms with Crippen molar-refractivity contribution >= 4 is 27.5 Å². The van der Waals surface area contributed by atoms with Gasteiger partial charge in [-0.1, -0.05) is 28.1 Å². The Morgan fingerprint density at radius 1 is 1.29 bits per heavy atom. The van der Waals surface area contributed by atoms with Crippen LogP contribution in [0.1, 0.15) is 11.1 Å². The second-order valence-corrected chi connectivity index (χ2v) is 6.05. The van der Waals surface area contributed by atoms with Crippen LogP contribution in [0.3, 0.4) is 0 Å². The minimum absolute atomic E-state index is 0.0282. The largest absolute Gasteiger partial charge is 0.508 e. The highest BCUT2D eigenvalue weighted by atomic mass is 79.9. The van der Waals surface area contributed by atoms with Gasteiger partial charge in [0.1, 0.15) is 17.4 Å². The van der Waals surface area contributed by atoms with Crippen LogP contribution in [-0.4, -0.2) is 11.0 Å². The summed E-state index contributed by atoms with van der Waals surface area (Å²) in [6.45, 7) is 2.26. The molecule has 0 aliphatic rings. The summed E-state index contributed by atoms with van der Waals surface area (Å²) in [5.74, 6) is -0.382. The van der Waals surface area contributed by atoms with Crippen LogP contribution >= 0.6 is 15.9 Å². The number of phenolic OH excluding ortho intramolecular Hbond substituents is 1. The first kappa shape index (κ1) is 17.6. The number of carbonyl (C=O) groups is 1. The molecule has 0 aromatic heterocycles. The van der Waals surface area contributed by atoms with E-state index in [0.29, 0.717) is 17.8 Å². The number of nitriles is 1. The third-order valence-corrected chi connectivity index (χ3v) is 3.82. The number of anilines is 1. The molecule has 6 heteroatoms. The molecule has 5 nitrogen and oxygen atoms in total. The number of phenols is 1. The third-order valence-electron chi connectivity index (χ3n) is 3.29. The third kappa shape index (κ3) is 4.86. The van der Waals surface area contributed by atoms with Gasteiger partial charge in [-0.3, -0.25) is 4.79 Å². The van der Waals surface area contributed by atoms with Crippen molar-refractivity contribution in [2.45, 2.75) is 13.5 Å². The van der Waals surface area contributed by atoms with Crippen LogP contribution in [0.2, 0.25) is 0 Å². The van der Waals surface area contributed by atoms with Crippen LogP contribution in [0, 0.1) is 18.3 Å². The number of halogens is 1. The molecule has 0 aliphatic carbocycles. The summed E-state index contributed by atoms with van der Waals surface area (Å²) in [5.41, 5.74) is 2.26. The molecule has 1 amide bonds. The highest BCUT2D eigenvalue weighted by molar-refractivity contribution is 9.10. The monoisotopic (exact) mass is 385 g/mol. The van der Waals surface area contributed by atoms with Crippen molar-refractivity contribution in [3.05, 3.63) is 69.8 Å². The predicted molar refractivity (Wildman–Crippen MR) is 96.2 cm³/mol. The molecule has 122 valence electrons. The molecule has 0 radical (unpaired) electrons. The molecule has 0 fully saturated rings. The number of carbonyl (C=O) groups excluding carboxylic acids is 1. The second kappa shape index (κ2) is 8.18. The van der Waals surface area contributed by atoms with E-state index in [1.807, 2.05) is 30.3 Å². The van der Waals surface area contributed by atoms with Gasteiger partial charge in [-0.25, -0.2) is 0 Å². The quantitative estimate of drug-likeness (QED) is 0.417. The lowest BCUT2D eigenvalue weighted by atomic mass is 10.2. The predicted octanol–water partition coefficient (Wildman–Crippen LogP) is 3.60. The average Bonchev–Trinajstić information content (AvgIpc) is 2.56. The Hall–Kier alpha value is -2.78. The standard InChI is InChI=1S/C18H16BrN3O2/c1-12-8-16(23)6-7-17(12)22-18(24)14(9-20)11-21-10-13-2-4-15(19)5-3-13/h2-8,11,21,23H,10H2,1H3,(H,22,24)/b14-11-. The molecule has 2 aromatic rings. The highest BCUT2D eigenvalue weighted by Crippen LogP contribution is 2.20. The molecule has 2 rings (SSSR count). The van der Waals surface area contributed by atoms with Gasteiger partial charge in [0.05, 0.1) is 0 Å². The maximum absolute atomic E-state index is 12.2. The Kier molecular flexibility index (Phi) is 5.99. The zero-order valence-electron chi connectivity index (χ0n) is 13.0. The first-order valence-corrected chi connectivity index (χ1v) is 7.98. The Bertz CT molecular complexity index is 808. The van der Waals surface area contributed by atoms with Crippen LogP contribution in [0.5, 0.6) is 5.75 Å². The van der Waals surface area contributed by atoms with E-state index in [-0.39, 0.29) is 11.3 Å². The van der Waals surface area contributed by atoms with E-state index in [4.69, 9.17) is 5.26 Å². The number of amides is 1. The van der Waals surface area contributed by atoms with Gasteiger partial charge in [0.2, 0.25) is 0 Å². The molecule has 0 atom stereocenters. The van der Waals surface area contributed by atoms with E-state index >= 15 is 0 Å². The Morgan fingerprint density at radius 2 is 2.00 bits per heavy atom. The number of aryl methyl sites for hydroxylation is 1. The number of benzene rings is 2. The van der Waals surface area contributed by atoms with Crippen molar-refractivity contribution in [3.8, 4) is 11.8 Å². The van der Waals surface area contributed by atoms with Gasteiger partial charge in [-0.15, -0.1) is 0 Å². The lowest BCUT2D eigenvalue weighted by Gasteiger charge is -2.08. The Balaban J connectivity index is 2.00. The number of hydrogen-bond acceptors (Lipinski definition) is 4. The first-order valence-electron chi connectivity index (χ1n) is 7.18. The van der Waals surface area contributed by atoms with E-state index in [0.717, 1.165) is 10.0 Å². The van der Waals surface area contributed by atoms with Crippen LogP contribution in [0.4, 0.5) is 5.69 Å². The fourth-order valence-electron chi connectivity index (χ4n) is 2.00. The zero-order chi connectivity index (χ0) is 17.5. The van der Waals surface area contributed by atoms with Crippen molar-refractivity contribution in [1.82, 2.24) is 5.32 Å². The second-order valence-electron chi connectivity index (χ2n) is 5.13. The van der Waals surface area contributed by atoms with Crippen LogP contribution in [0.15, 0.2) is 58.7 Å². The number of nitrogens with zero attached hydrogens (tertiary/aromatic N) is 1. The number of rotatable bonds is 5. The highest BCUT2D eigenvalue weighted by Gasteiger charge is 2.10. The molecule has 0 saturated heterocycles. The molecular weight excluding hydrogens is 370 g/mol. The van der Waals surface area contributed by atoms with Gasteiger partial charge in [0, 0.05) is 22.9 Å². The van der Waals surface area contributed by atoms with Gasteiger partial charge in [-0.2, -0.15) is 5.26 Å². The van der Waals surface area contributed by atoms with Crippen LogP contribution in [0.25, 0.3) is 0 Å². The summed E-state index contributed by atoms with van der Waals surface area (Å²) in [7, 11) is 0. The van der Waals surface area contributed by atoms with E-state index in [2.05, 4.69) is 26.6 Å². The molecule has 3 N–H and O–H groups in total. The van der Waals surface area contributed by atoms with Crippen molar-refractivity contribution in [2.24, 2.45) is 0 Å². The molecule has 0 spiro atoms. The van der Waals surface area contributed by atoms with E-state index in [1.165, 1.54) is 18.3 Å². The van der Waals surface area contributed by atoms with Crippen molar-refractivity contribution in [1.29, 1.82) is 5.26 Å². The van der Waals surface area contributed by atoms with Gasteiger partial charge in [0.25, 0.3) is 5.91 Å². The fourth-order valence-corrected chi connectivity index (χ4v) is 2.26. The van der Waals surface area contributed by atoms with E-state index in [1.54, 1.807) is 13.0 Å². The zero-order valence-corrected chi connectivity index (χ0v) is 14.6. The van der Waals surface area contributed by atoms with Gasteiger partial charge >= 0.3 is 0 Å². The lowest BCUT2D eigenvalue weighted by molar-refractivity contribution is -0.112. The number of aromatic hydroxyl groups is 1. The molecule has 0 aliphatic heterocycles. The summed E-state index contributed by atoms with van der Waals surface area (Å²) >= 11 is 3.36. The SMILES string of the molecule is Cc1cc(O)ccc1NC(=O)/C(C#N)=C\NCc1ccc(Br)cc1. The minimum atomic E-state index is -0.505. The lowest BCUT2D eigenvalue weighted by Crippen LogP contribution is -2.17. The Morgan fingerprint density at radius 3 is 2.62 bits per heavy atom. The summed E-state index contributed by atoms with van der Waals surface area (Å²) in [4.78, 5) is 12.2. The molecule has 0 saturated carbocycles. The van der Waals surface area contributed by atoms with E-state index < -0.39 is 5.91 Å². The summed E-state index contributed by atoms with van der Waals surface area (Å²) < 4.78 is 0.989. The molecular formula is C18H16BrN3O2. The molecule has 0 bridgehead atoms. The normalized spacial score (nSPS) is 10.8. The van der Waals surface area contributed by atoms with Crippen molar-refractivity contribution in [3.63, 3.8) is 0 Å². The van der Waals surface area contributed by atoms with Gasteiger partial charge in [-0.05, 0) is 48.4 Å². The van der Waals surface area contributed by atoms with Crippen molar-refractivity contribution in [2.75, 3.05) is 5.32 Å². The van der Waals surface area contributed by atoms with Crippen LogP contribution in [-0.2, 0) is 11.3 Å². The first-order chi connectivity index (χ1) is 11.5. The number of hydrogen-bond donors (Lipinski definition) is 3. The molecule has 0 heterocycles. The van der Waals surface area contributed by atoms with Gasteiger partial charge in [0.15, 0.2) is 0 Å². The van der Waals surface area contributed by atoms with E-state index in [9.17, 15) is 9.90 Å². The topological polar surface area (TPSA) is 85.2 Å². The maximum atomic E-state index is 12.2. The smallest absolute Gasteiger partial charge is 0.267 e. The summed E-state index contributed by atoms with van der Waals surface area (Å²) in [6.07, 6.45) is 1.40. The molecule has 24 heavy (non-hydrogen) atoms. The minimum Gasteiger partial charge on any atom is -0.508 e. The molecule has 2 aromatic carbocycles. The average molecular weight is 386 g/mol. The van der Waals surface area contributed by atoms with Gasteiger partial charge < -0.3 is 15.7 Å². The summed E-state index contributed by atoms with van der Waals surface area (Å²) in [6, 6.07) is 14.2. The Labute approximate surface area is 148 Å². The van der Waals surface area contributed by atoms with Crippen molar-refractivity contribution < 1.29 is 9.90 Å². The van der Waals surface area contributed by atoms with Crippen LogP contribution < -0.4 is 10.6 Å². The number of nitrogens with one attached hydrogen (secondary N) is 2. The maximum Gasteiger partial charge on any atom is 0.267 e. The summed E-state index contributed by atoms with van der Waals surface area (Å²) in [5, 5.41) is 24.2.